The van der Waals surface area contributed by atoms with Gasteiger partial charge >= 0.3 is 6.03 Å². The number of amides is 2. The molecule has 2 aromatic heterocycles. The maximum Gasteiger partial charge on any atom is 0.335 e. The lowest BCUT2D eigenvalue weighted by atomic mass is 10.0. The largest absolute Gasteiger partial charge is 0.493 e. The molecule has 0 bridgehead atoms. The van der Waals surface area contributed by atoms with Crippen LogP contribution in [0.4, 0.5) is 30.8 Å². The molecule has 4 rings (SSSR count). The first kappa shape index (κ1) is 24.6. The first-order valence-electron chi connectivity index (χ1n) is 10.8. The Kier molecular flexibility index (Phi) is 6.60. The molecule has 0 saturated heterocycles. The molecule has 3 heterocycles. The molecule has 0 atom stereocenters. The van der Waals surface area contributed by atoms with Crippen LogP contribution in [-0.2, 0) is 13.6 Å². The number of fused-ring (bicyclic) bond motifs is 1. The molecule has 1 aliphatic rings. The van der Waals surface area contributed by atoms with Gasteiger partial charge in [0.2, 0.25) is 0 Å². The zero-order valence-corrected chi connectivity index (χ0v) is 20.4. The van der Waals surface area contributed by atoms with Gasteiger partial charge in [-0.3, -0.25) is 14.6 Å². The van der Waals surface area contributed by atoms with Crippen molar-refractivity contribution in [2.75, 3.05) is 31.1 Å². The second kappa shape index (κ2) is 9.64. The Bertz CT molecular complexity index is 1360. The molecule has 12 heteroatoms. The Hall–Kier alpha value is -4.48. The minimum absolute atomic E-state index is 0.177. The SMILES string of the molecule is CN/C=C(\C(C)=N)c1cc2c(cn1)CN(c1c(F)c(OC)cc(OC)c1F)C(=O)N2c1ccn(C)n1. The van der Waals surface area contributed by atoms with Gasteiger partial charge in [0.15, 0.2) is 29.0 Å². The van der Waals surface area contributed by atoms with E-state index in [0.717, 1.165) is 11.0 Å². The number of rotatable bonds is 7. The molecule has 0 unspecified atom stereocenters. The van der Waals surface area contributed by atoms with E-state index in [1.165, 1.54) is 30.0 Å². The number of carbonyl (C=O) groups is 1. The smallest absolute Gasteiger partial charge is 0.335 e. The van der Waals surface area contributed by atoms with Crippen LogP contribution in [0.2, 0.25) is 0 Å². The summed E-state index contributed by atoms with van der Waals surface area (Å²) in [5.41, 5.74) is 1.55. The Balaban J connectivity index is 1.94. The van der Waals surface area contributed by atoms with Gasteiger partial charge in [0, 0.05) is 61.7 Å². The van der Waals surface area contributed by atoms with Crippen LogP contribution in [0, 0.1) is 17.0 Å². The lowest BCUT2D eigenvalue weighted by Crippen LogP contribution is -2.46. The van der Waals surface area contributed by atoms with Crippen molar-refractivity contribution in [1.29, 1.82) is 5.41 Å². The van der Waals surface area contributed by atoms with E-state index < -0.39 is 23.4 Å². The summed E-state index contributed by atoms with van der Waals surface area (Å²) < 4.78 is 42.3. The Morgan fingerprint density at radius 3 is 2.39 bits per heavy atom. The van der Waals surface area contributed by atoms with E-state index in [9.17, 15) is 4.79 Å². The number of aryl methyl sites for hydroxylation is 1. The first-order chi connectivity index (χ1) is 17.2. The number of carbonyl (C=O) groups excluding carboxylic acids is 1. The van der Waals surface area contributed by atoms with Crippen LogP contribution in [0.5, 0.6) is 11.5 Å². The van der Waals surface area contributed by atoms with Crippen molar-refractivity contribution < 1.29 is 23.0 Å². The maximum atomic E-state index is 15.4. The second-order valence-electron chi connectivity index (χ2n) is 7.98. The highest BCUT2D eigenvalue weighted by atomic mass is 19.1. The number of aromatic nitrogens is 3. The van der Waals surface area contributed by atoms with Crippen molar-refractivity contribution in [2.24, 2.45) is 7.05 Å². The van der Waals surface area contributed by atoms with E-state index in [1.807, 2.05) is 0 Å². The molecule has 2 N–H and O–H groups in total. The molecule has 10 nitrogen and oxygen atoms in total. The Labute approximate surface area is 206 Å². The molecule has 0 saturated carbocycles. The summed E-state index contributed by atoms with van der Waals surface area (Å²) in [6, 6.07) is 3.60. The molecule has 0 aliphatic carbocycles. The summed E-state index contributed by atoms with van der Waals surface area (Å²) in [7, 11) is 5.86. The van der Waals surface area contributed by atoms with Crippen LogP contribution < -0.4 is 24.6 Å². The van der Waals surface area contributed by atoms with Gasteiger partial charge in [0.25, 0.3) is 0 Å². The second-order valence-corrected chi connectivity index (χ2v) is 7.98. The number of pyridine rings is 1. The third-order valence-electron chi connectivity index (χ3n) is 5.67. The molecule has 0 radical (unpaired) electrons. The summed E-state index contributed by atoms with van der Waals surface area (Å²) in [6.07, 6.45) is 4.79. The van der Waals surface area contributed by atoms with Crippen LogP contribution in [-0.4, -0.2) is 47.8 Å². The quantitative estimate of drug-likeness (QED) is 0.478. The summed E-state index contributed by atoms with van der Waals surface area (Å²) in [4.78, 5) is 20.5. The average Bonchev–Trinajstić information content (AvgIpc) is 3.28. The van der Waals surface area contributed by atoms with Crippen LogP contribution in [0.3, 0.4) is 0 Å². The van der Waals surface area contributed by atoms with Gasteiger partial charge in [0.05, 0.1) is 32.1 Å². The summed E-state index contributed by atoms with van der Waals surface area (Å²) >= 11 is 0. The number of hydrogen-bond acceptors (Lipinski definition) is 7. The Morgan fingerprint density at radius 1 is 1.19 bits per heavy atom. The normalized spacial score (nSPS) is 13.5. The van der Waals surface area contributed by atoms with E-state index >= 15 is 8.78 Å². The molecule has 0 fully saturated rings. The number of halogens is 2. The predicted molar refractivity (Wildman–Crippen MR) is 131 cm³/mol. The lowest BCUT2D eigenvalue weighted by molar-refractivity contribution is 0.251. The molecular formula is C24H25F2N7O3. The predicted octanol–water partition coefficient (Wildman–Crippen LogP) is 3.99. The number of nitrogens with zero attached hydrogens (tertiary/aromatic N) is 5. The third-order valence-corrected chi connectivity index (χ3v) is 5.67. The highest BCUT2D eigenvalue weighted by Crippen LogP contribution is 2.42. The van der Waals surface area contributed by atoms with E-state index in [0.29, 0.717) is 22.5 Å². The fourth-order valence-corrected chi connectivity index (χ4v) is 3.96. The van der Waals surface area contributed by atoms with Crippen LogP contribution in [0.25, 0.3) is 5.57 Å². The molecule has 36 heavy (non-hydrogen) atoms. The van der Waals surface area contributed by atoms with Gasteiger partial charge < -0.3 is 20.2 Å². The van der Waals surface area contributed by atoms with Crippen LogP contribution in [0.15, 0.2) is 36.8 Å². The van der Waals surface area contributed by atoms with E-state index in [4.69, 9.17) is 14.9 Å². The maximum absolute atomic E-state index is 15.4. The van der Waals surface area contributed by atoms with Gasteiger partial charge in [-0.2, -0.15) is 5.10 Å². The molecule has 1 aliphatic heterocycles. The minimum Gasteiger partial charge on any atom is -0.493 e. The van der Waals surface area contributed by atoms with E-state index in [2.05, 4.69) is 15.4 Å². The number of allylic oxidation sites excluding steroid dienone is 1. The van der Waals surface area contributed by atoms with Gasteiger partial charge in [-0.25, -0.2) is 18.5 Å². The topological polar surface area (TPSA) is 109 Å². The van der Waals surface area contributed by atoms with Crippen molar-refractivity contribution in [3.8, 4) is 11.5 Å². The fraction of sp³-hybridized carbons (Fsp3) is 0.250. The van der Waals surface area contributed by atoms with Gasteiger partial charge in [-0.1, -0.05) is 0 Å². The zero-order chi connectivity index (χ0) is 26.1. The first-order valence-corrected chi connectivity index (χ1v) is 10.8. The number of anilines is 3. The van der Waals surface area contributed by atoms with E-state index in [-0.39, 0.29) is 29.6 Å². The average molecular weight is 498 g/mol. The highest BCUT2D eigenvalue weighted by molar-refractivity contribution is 6.21. The zero-order valence-electron chi connectivity index (χ0n) is 20.4. The summed E-state index contributed by atoms with van der Waals surface area (Å²) in [5, 5.41) is 15.3. The molecule has 3 aromatic rings. The van der Waals surface area contributed by atoms with Gasteiger partial charge in [-0.05, 0) is 13.0 Å². The number of methoxy groups -OCH3 is 2. The molecule has 188 valence electrons. The molecule has 0 spiro atoms. The molecule has 1 aromatic carbocycles. The van der Waals surface area contributed by atoms with Crippen molar-refractivity contribution in [1.82, 2.24) is 20.1 Å². The summed E-state index contributed by atoms with van der Waals surface area (Å²) in [5.74, 6) is -2.40. The van der Waals surface area contributed by atoms with E-state index in [1.54, 1.807) is 45.5 Å². The number of ether oxygens (including phenoxy) is 2. The van der Waals surface area contributed by atoms with Gasteiger partial charge in [0.1, 0.15) is 5.69 Å². The summed E-state index contributed by atoms with van der Waals surface area (Å²) in [6.45, 7) is 1.44. The van der Waals surface area contributed by atoms with Crippen molar-refractivity contribution >= 4 is 34.5 Å². The lowest BCUT2D eigenvalue weighted by Gasteiger charge is -2.36. The van der Waals surface area contributed by atoms with Crippen LogP contribution >= 0.6 is 0 Å². The van der Waals surface area contributed by atoms with Gasteiger partial charge in [-0.15, -0.1) is 0 Å². The number of nitrogens with one attached hydrogen (secondary N) is 2. The molecular weight excluding hydrogens is 472 g/mol. The third kappa shape index (κ3) is 4.10. The minimum atomic E-state index is -1.04. The van der Waals surface area contributed by atoms with Crippen molar-refractivity contribution in [3.63, 3.8) is 0 Å². The molecule has 2 amide bonds. The van der Waals surface area contributed by atoms with Crippen molar-refractivity contribution in [2.45, 2.75) is 13.5 Å². The van der Waals surface area contributed by atoms with Crippen molar-refractivity contribution in [3.05, 3.63) is 59.7 Å². The Morgan fingerprint density at radius 2 is 1.86 bits per heavy atom. The number of hydrogen-bond donors (Lipinski definition) is 2. The number of urea groups is 1. The fourth-order valence-electron chi connectivity index (χ4n) is 3.96. The number of benzene rings is 1. The monoisotopic (exact) mass is 497 g/mol. The highest BCUT2D eigenvalue weighted by Gasteiger charge is 2.38. The standard InChI is InChI=1S/C24H25F2N7O3/c1-13(27)15(11-28-2)16-8-17-14(10-29-16)12-32(24(34)33(17)20-6-7-31(3)30-20)23-21(25)18(35-4)9-19(36-5)22(23)26/h6-11,27-28H,12H2,1-5H3/b15-11+,27-13?. The van der Waals surface area contributed by atoms with Crippen LogP contribution in [0.1, 0.15) is 18.2 Å².